The summed E-state index contributed by atoms with van der Waals surface area (Å²) in [5.41, 5.74) is 1.00. The summed E-state index contributed by atoms with van der Waals surface area (Å²) in [6, 6.07) is 4.93. The summed E-state index contributed by atoms with van der Waals surface area (Å²) in [6.07, 6.45) is 9.08. The third kappa shape index (κ3) is 7.69. The summed E-state index contributed by atoms with van der Waals surface area (Å²) >= 11 is 0. The number of phenols is 2. The van der Waals surface area contributed by atoms with Crippen LogP contribution < -0.4 is 0 Å². The van der Waals surface area contributed by atoms with Crippen LogP contribution in [0.25, 0.3) is 0 Å². The van der Waals surface area contributed by atoms with Crippen LogP contribution in [-0.4, -0.2) is 63.6 Å². The molecule has 3 aliphatic heterocycles. The number of hydrogen-bond acceptors (Lipinski definition) is 9. The van der Waals surface area contributed by atoms with Gasteiger partial charge in [-0.1, -0.05) is 31.7 Å². The van der Waals surface area contributed by atoms with Gasteiger partial charge in [0, 0.05) is 32.3 Å². The van der Waals surface area contributed by atoms with Crippen molar-refractivity contribution in [2.45, 2.75) is 114 Å². The number of carbonyl (C=O) groups excluding carboxylic acids is 2. The van der Waals surface area contributed by atoms with Gasteiger partial charge in [0.05, 0.1) is 12.2 Å². The molecule has 1 aromatic carbocycles. The smallest absolute Gasteiger partial charge is 0.330 e. The Morgan fingerprint density at radius 1 is 1.11 bits per heavy atom. The summed E-state index contributed by atoms with van der Waals surface area (Å²) < 4.78 is 23.4. The number of fused-ring (bicyclic) bond motifs is 1. The van der Waals surface area contributed by atoms with Crippen LogP contribution >= 0.6 is 0 Å². The first kappa shape index (κ1) is 27.4. The Morgan fingerprint density at radius 3 is 2.68 bits per heavy atom. The maximum Gasteiger partial charge on any atom is 0.330 e. The SMILES string of the molecule is CC(=O)OC1CC(CC(O)CCCCCCCc2ccc(O)c(O)c2)OC2(C1)CC1OC(=O)C=CC1O2. The molecule has 204 valence electrons. The highest BCUT2D eigenvalue weighted by Crippen LogP contribution is 2.44. The number of aliphatic hydroxyl groups is 1. The Labute approximate surface area is 217 Å². The van der Waals surface area contributed by atoms with Gasteiger partial charge in [-0.3, -0.25) is 4.79 Å². The Balaban J connectivity index is 1.18. The molecule has 3 heterocycles. The molecule has 37 heavy (non-hydrogen) atoms. The molecule has 0 radical (unpaired) electrons. The monoisotopic (exact) mass is 518 g/mol. The van der Waals surface area contributed by atoms with E-state index < -0.39 is 30.1 Å². The van der Waals surface area contributed by atoms with Crippen LogP contribution in [0.3, 0.4) is 0 Å². The third-order valence-corrected chi connectivity index (χ3v) is 7.28. The Kier molecular flexibility index (Phi) is 9.10. The van der Waals surface area contributed by atoms with Gasteiger partial charge in [0.1, 0.15) is 18.3 Å². The number of unbranched alkanes of at least 4 members (excludes halogenated alkanes) is 4. The maximum absolute atomic E-state index is 11.6. The molecular formula is C28H38O9. The third-order valence-electron chi connectivity index (χ3n) is 7.28. The van der Waals surface area contributed by atoms with Crippen molar-refractivity contribution in [2.75, 3.05) is 0 Å². The summed E-state index contributed by atoms with van der Waals surface area (Å²) in [5, 5.41) is 29.7. The molecule has 3 N–H and O–H groups in total. The van der Waals surface area contributed by atoms with E-state index in [1.807, 2.05) is 6.07 Å². The molecular weight excluding hydrogens is 480 g/mol. The molecule has 4 rings (SSSR count). The molecule has 9 heteroatoms. The molecule has 3 aliphatic rings. The topological polar surface area (TPSA) is 132 Å². The van der Waals surface area contributed by atoms with Gasteiger partial charge in [0.25, 0.3) is 0 Å². The number of benzene rings is 1. The largest absolute Gasteiger partial charge is 0.504 e. The van der Waals surface area contributed by atoms with Crippen molar-refractivity contribution in [3.63, 3.8) is 0 Å². The second kappa shape index (κ2) is 12.3. The predicted molar refractivity (Wildman–Crippen MR) is 133 cm³/mol. The Morgan fingerprint density at radius 2 is 1.89 bits per heavy atom. The van der Waals surface area contributed by atoms with Crippen LogP contribution in [0.5, 0.6) is 11.5 Å². The van der Waals surface area contributed by atoms with Gasteiger partial charge < -0.3 is 34.3 Å². The molecule has 2 saturated heterocycles. The molecule has 0 amide bonds. The minimum absolute atomic E-state index is 0.0864. The van der Waals surface area contributed by atoms with Crippen molar-refractivity contribution in [3.05, 3.63) is 35.9 Å². The molecule has 6 unspecified atom stereocenters. The lowest BCUT2D eigenvalue weighted by molar-refractivity contribution is -0.286. The first-order chi connectivity index (χ1) is 17.7. The minimum Gasteiger partial charge on any atom is -0.504 e. The normalized spacial score (nSPS) is 29.6. The first-order valence-corrected chi connectivity index (χ1v) is 13.3. The summed E-state index contributed by atoms with van der Waals surface area (Å²) in [7, 11) is 0. The van der Waals surface area contributed by atoms with E-state index in [4.69, 9.17) is 18.9 Å². The van der Waals surface area contributed by atoms with E-state index in [0.29, 0.717) is 32.1 Å². The Hall–Kier alpha value is -2.62. The van der Waals surface area contributed by atoms with E-state index in [1.165, 1.54) is 19.1 Å². The quantitative estimate of drug-likeness (QED) is 0.227. The molecule has 6 atom stereocenters. The number of hydrogen-bond donors (Lipinski definition) is 3. The average Bonchev–Trinajstić information content (AvgIpc) is 3.15. The van der Waals surface area contributed by atoms with Gasteiger partial charge in [-0.15, -0.1) is 0 Å². The van der Waals surface area contributed by atoms with Crippen LogP contribution in [0, 0.1) is 0 Å². The van der Waals surface area contributed by atoms with Gasteiger partial charge in [-0.25, -0.2) is 4.79 Å². The van der Waals surface area contributed by atoms with Crippen molar-refractivity contribution < 1.29 is 43.9 Å². The van der Waals surface area contributed by atoms with Crippen LogP contribution in [0.15, 0.2) is 30.4 Å². The fourth-order valence-corrected chi connectivity index (χ4v) is 5.61. The van der Waals surface area contributed by atoms with Gasteiger partial charge in [0.2, 0.25) is 0 Å². The number of aryl methyl sites for hydroxylation is 1. The number of aliphatic hydroxyl groups excluding tert-OH is 1. The number of phenolic OH excluding ortho intramolecular Hbond substituents is 2. The second-order valence-electron chi connectivity index (χ2n) is 10.5. The summed E-state index contributed by atoms with van der Waals surface area (Å²) in [4.78, 5) is 23.3. The van der Waals surface area contributed by atoms with E-state index in [9.17, 15) is 24.9 Å². The highest BCUT2D eigenvalue weighted by atomic mass is 16.7. The van der Waals surface area contributed by atoms with Crippen LogP contribution in [0.2, 0.25) is 0 Å². The van der Waals surface area contributed by atoms with Crippen LogP contribution in [0.1, 0.15) is 76.7 Å². The van der Waals surface area contributed by atoms with Crippen LogP contribution in [0.4, 0.5) is 0 Å². The lowest BCUT2D eigenvalue weighted by Crippen LogP contribution is -2.48. The first-order valence-electron chi connectivity index (χ1n) is 13.3. The summed E-state index contributed by atoms with van der Waals surface area (Å²) in [5.74, 6) is -1.97. The average molecular weight is 519 g/mol. The van der Waals surface area contributed by atoms with Gasteiger partial charge in [-0.2, -0.15) is 0 Å². The maximum atomic E-state index is 11.6. The van der Waals surface area contributed by atoms with E-state index in [0.717, 1.165) is 44.1 Å². The molecule has 2 fully saturated rings. The molecule has 1 spiro atoms. The van der Waals surface area contributed by atoms with Crippen molar-refractivity contribution in [1.29, 1.82) is 0 Å². The second-order valence-corrected chi connectivity index (χ2v) is 10.5. The number of esters is 2. The predicted octanol–water partition coefficient (Wildman–Crippen LogP) is 3.81. The van der Waals surface area contributed by atoms with E-state index in [2.05, 4.69) is 0 Å². The van der Waals surface area contributed by atoms with Crippen LogP contribution in [-0.2, 0) is 35.0 Å². The van der Waals surface area contributed by atoms with Crippen molar-refractivity contribution in [3.8, 4) is 11.5 Å². The molecule has 0 bridgehead atoms. The van der Waals surface area contributed by atoms with Gasteiger partial charge in [-0.05, 0) is 49.5 Å². The number of aromatic hydroxyl groups is 2. The lowest BCUT2D eigenvalue weighted by atomic mass is 9.91. The van der Waals surface area contributed by atoms with E-state index in [-0.39, 0.29) is 29.7 Å². The van der Waals surface area contributed by atoms with Crippen molar-refractivity contribution >= 4 is 11.9 Å². The zero-order valence-corrected chi connectivity index (χ0v) is 21.3. The molecule has 1 aromatic rings. The van der Waals surface area contributed by atoms with E-state index >= 15 is 0 Å². The fraction of sp³-hybridized carbons (Fsp3) is 0.643. The van der Waals surface area contributed by atoms with E-state index in [1.54, 1.807) is 12.1 Å². The van der Waals surface area contributed by atoms with Gasteiger partial charge in [0.15, 0.2) is 17.3 Å². The number of carbonyl (C=O) groups is 2. The highest BCUT2D eigenvalue weighted by molar-refractivity contribution is 5.83. The zero-order chi connectivity index (χ0) is 26.4. The number of rotatable bonds is 11. The highest BCUT2D eigenvalue weighted by Gasteiger charge is 2.54. The van der Waals surface area contributed by atoms with Crippen molar-refractivity contribution in [2.24, 2.45) is 0 Å². The fourth-order valence-electron chi connectivity index (χ4n) is 5.61. The number of ether oxygens (including phenoxy) is 4. The molecule has 9 nitrogen and oxygen atoms in total. The lowest BCUT2D eigenvalue weighted by Gasteiger charge is -2.41. The van der Waals surface area contributed by atoms with Gasteiger partial charge >= 0.3 is 11.9 Å². The minimum atomic E-state index is -1.01. The molecule has 0 aromatic heterocycles. The van der Waals surface area contributed by atoms with Crippen molar-refractivity contribution in [1.82, 2.24) is 0 Å². The zero-order valence-electron chi connectivity index (χ0n) is 21.3. The molecule has 0 saturated carbocycles. The molecule has 0 aliphatic carbocycles. The standard InChI is InChI=1S/C28H38O9/c1-18(29)34-22-15-21(36-28(16-22)17-26-25(37-28)11-12-27(33)35-26)14-20(30)8-6-4-2-3-5-7-19-9-10-23(31)24(32)13-19/h9-13,20-22,25-26,30-32H,2-8,14-17H2,1H3. The summed E-state index contributed by atoms with van der Waals surface area (Å²) in [6.45, 7) is 1.38. The Bertz CT molecular complexity index is 976.